The average Bonchev–Trinajstić information content (AvgIpc) is 2.84. The summed E-state index contributed by atoms with van der Waals surface area (Å²) in [6.07, 6.45) is 6.39. The van der Waals surface area contributed by atoms with Crippen molar-refractivity contribution in [1.29, 1.82) is 0 Å². The van der Waals surface area contributed by atoms with Crippen LogP contribution in [0.25, 0.3) is 0 Å². The van der Waals surface area contributed by atoms with E-state index in [1.165, 1.54) is 11.5 Å². The number of ketones is 1. The number of amides is 2. The molecule has 0 aliphatic heterocycles. The predicted octanol–water partition coefficient (Wildman–Crippen LogP) is 7.20. The van der Waals surface area contributed by atoms with Gasteiger partial charge in [0.1, 0.15) is 0 Å². The second kappa shape index (κ2) is 25.3. The zero-order valence-corrected chi connectivity index (χ0v) is 36.6. The molecule has 294 valence electrons. The Kier molecular flexibility index (Phi) is 28.7. The second-order valence-electron chi connectivity index (χ2n) is 16.8. The molecule has 0 aliphatic carbocycles. The first-order valence-electron chi connectivity index (χ1n) is 16.3. The standard InChI is InChI=1S/C10H20N2O.C9H16O.C7H13NO.C6H13NO2S.C6H12OS/c1-10(2,3)11-9(13)7-6-8-12(4)5;1-7(2)6-8(10)9(3,4)5;1-5-6(9)8-7(2,3)4;1-5-10(8,9)7-6(2,3)4;1-5-8(7)6(2,3)4/h6-7H,8H2,1-5H3,(H,11,13);6H,1-5H3;5H,1H2,2-4H3,(H,8,9);5,7H,1H2,2-4H3;5H,1H2,2-4H3/b7-6+;;;;. The van der Waals surface area contributed by atoms with Gasteiger partial charge in [0, 0.05) is 44.8 Å². The Morgan fingerprint density at radius 3 is 1.28 bits per heavy atom. The van der Waals surface area contributed by atoms with Crippen LogP contribution in [-0.2, 0) is 35.2 Å². The van der Waals surface area contributed by atoms with E-state index in [1.54, 1.807) is 32.9 Å². The molecular weight excluding hydrogens is 673 g/mol. The molecule has 0 aromatic heterocycles. The Balaban J connectivity index is -0.000000170. The van der Waals surface area contributed by atoms with Crippen LogP contribution in [0.4, 0.5) is 0 Å². The van der Waals surface area contributed by atoms with Gasteiger partial charge >= 0.3 is 0 Å². The van der Waals surface area contributed by atoms with Crippen molar-refractivity contribution in [2.45, 2.75) is 139 Å². The number of hydrogen-bond donors (Lipinski definition) is 3. The zero-order valence-electron chi connectivity index (χ0n) is 35.0. The maximum Gasteiger partial charge on any atom is 0.244 e. The smallest absolute Gasteiger partial charge is 0.244 e. The summed E-state index contributed by atoms with van der Waals surface area (Å²) < 4.78 is 34.7. The van der Waals surface area contributed by atoms with Crippen LogP contribution < -0.4 is 15.4 Å². The molecule has 0 fully saturated rings. The third kappa shape index (κ3) is 49.7. The van der Waals surface area contributed by atoms with Crippen molar-refractivity contribution >= 4 is 38.4 Å². The van der Waals surface area contributed by atoms with E-state index in [-0.39, 0.29) is 38.8 Å². The van der Waals surface area contributed by atoms with Crippen molar-refractivity contribution in [3.8, 4) is 0 Å². The van der Waals surface area contributed by atoms with Crippen molar-refractivity contribution in [3.63, 3.8) is 0 Å². The Hall–Kier alpha value is -2.67. The molecule has 0 spiro atoms. The summed E-state index contributed by atoms with van der Waals surface area (Å²) in [5, 5.41) is 7.93. The van der Waals surface area contributed by atoms with E-state index < -0.39 is 26.4 Å². The van der Waals surface area contributed by atoms with Gasteiger partial charge in [0.2, 0.25) is 21.8 Å². The molecule has 12 heteroatoms. The Labute approximate surface area is 310 Å². The van der Waals surface area contributed by atoms with Gasteiger partial charge in [0.25, 0.3) is 0 Å². The minimum absolute atomic E-state index is 0.0330. The molecule has 0 aromatic rings. The lowest BCUT2D eigenvalue weighted by molar-refractivity contribution is -0.121. The molecule has 1 atom stereocenters. The number of nitrogens with one attached hydrogen (secondary N) is 3. The summed E-state index contributed by atoms with van der Waals surface area (Å²) in [6, 6.07) is 0. The van der Waals surface area contributed by atoms with E-state index in [0.29, 0.717) is 0 Å². The highest BCUT2D eigenvalue weighted by molar-refractivity contribution is 7.92. The van der Waals surface area contributed by atoms with Crippen LogP contribution in [0.3, 0.4) is 0 Å². The van der Waals surface area contributed by atoms with Gasteiger partial charge in [-0.3, -0.25) is 18.6 Å². The minimum atomic E-state index is -3.26. The second-order valence-corrected chi connectivity index (χ2v) is 20.6. The first kappa shape index (κ1) is 56.7. The van der Waals surface area contributed by atoms with Gasteiger partial charge in [0.15, 0.2) is 5.78 Å². The fourth-order valence-corrected chi connectivity index (χ4v) is 3.84. The maximum absolute atomic E-state index is 11.2. The molecule has 2 amide bonds. The molecule has 0 bridgehead atoms. The van der Waals surface area contributed by atoms with Crippen molar-refractivity contribution in [1.82, 2.24) is 20.3 Å². The van der Waals surface area contributed by atoms with Crippen molar-refractivity contribution in [2.24, 2.45) is 5.41 Å². The summed E-state index contributed by atoms with van der Waals surface area (Å²) in [7, 11) is -0.215. The SMILES string of the molecule is C=CC(=O)NC(C)(C)C.C=CS(=O)(=O)NC(C)(C)C.C=CS(=O)C(C)(C)C.CC(C)=CC(=O)C(C)(C)C.CN(C)C/C=C/C(=O)NC(C)(C)C. The molecule has 1 unspecified atom stereocenters. The molecule has 3 N–H and O–H groups in total. The van der Waals surface area contributed by atoms with Crippen LogP contribution in [0.1, 0.15) is 118 Å². The van der Waals surface area contributed by atoms with Gasteiger partial charge in [-0.05, 0) is 129 Å². The third-order valence-corrected chi connectivity index (χ3v) is 7.35. The van der Waals surface area contributed by atoms with E-state index in [9.17, 15) is 27.0 Å². The van der Waals surface area contributed by atoms with Crippen molar-refractivity contribution in [2.75, 3.05) is 20.6 Å². The summed E-state index contributed by atoms with van der Waals surface area (Å²) in [4.78, 5) is 35.0. The lowest BCUT2D eigenvalue weighted by Gasteiger charge is -2.19. The Morgan fingerprint density at radius 1 is 0.720 bits per heavy atom. The highest BCUT2D eigenvalue weighted by Gasteiger charge is 2.18. The van der Waals surface area contributed by atoms with Gasteiger partial charge < -0.3 is 15.5 Å². The highest BCUT2D eigenvalue weighted by atomic mass is 32.2. The molecule has 50 heavy (non-hydrogen) atoms. The number of allylic oxidation sites excluding steroid dienone is 2. The number of sulfonamides is 1. The van der Waals surface area contributed by atoms with Crippen LogP contribution in [0, 0.1) is 5.41 Å². The summed E-state index contributed by atoms with van der Waals surface area (Å²) in [5.41, 5.74) is 0.120. The van der Waals surface area contributed by atoms with E-state index in [1.807, 2.05) is 122 Å². The normalized spacial score (nSPS) is 12.4. The number of rotatable bonds is 8. The molecular formula is C38H74N4O6S2. The summed E-state index contributed by atoms with van der Waals surface area (Å²) >= 11 is 0. The lowest BCUT2D eigenvalue weighted by atomic mass is 9.90. The Morgan fingerprint density at radius 2 is 1.12 bits per heavy atom. The molecule has 0 saturated heterocycles. The number of nitrogens with zero attached hydrogens (tertiary/aromatic N) is 1. The number of hydrogen-bond acceptors (Lipinski definition) is 7. The van der Waals surface area contributed by atoms with E-state index in [0.717, 1.165) is 17.5 Å². The van der Waals surface area contributed by atoms with Crippen LogP contribution >= 0.6 is 0 Å². The molecule has 0 heterocycles. The van der Waals surface area contributed by atoms with Gasteiger partial charge in [0.05, 0.1) is 10.8 Å². The minimum Gasteiger partial charge on any atom is -0.348 e. The molecule has 0 aromatic carbocycles. The molecule has 0 aliphatic rings. The van der Waals surface area contributed by atoms with Crippen LogP contribution in [0.2, 0.25) is 0 Å². The average molecular weight is 747 g/mol. The fraction of sp³-hybridized carbons (Fsp3) is 0.658. The number of carbonyl (C=O) groups is 3. The fourth-order valence-electron chi connectivity index (χ4n) is 2.40. The van der Waals surface area contributed by atoms with Crippen molar-refractivity contribution in [3.05, 3.63) is 60.4 Å². The molecule has 0 radical (unpaired) electrons. The molecule has 0 rings (SSSR count). The highest BCUT2D eigenvalue weighted by Crippen LogP contribution is 2.15. The van der Waals surface area contributed by atoms with Crippen LogP contribution in [0.15, 0.2) is 60.4 Å². The van der Waals surface area contributed by atoms with Gasteiger partial charge in [-0.25, -0.2) is 13.1 Å². The number of carbonyl (C=O) groups excluding carboxylic acids is 3. The molecule has 0 saturated carbocycles. The van der Waals surface area contributed by atoms with E-state index >= 15 is 0 Å². The maximum atomic E-state index is 11.2. The van der Waals surface area contributed by atoms with Crippen LogP contribution in [-0.4, -0.2) is 77.1 Å². The third-order valence-electron chi connectivity index (χ3n) is 4.50. The van der Waals surface area contributed by atoms with Gasteiger partial charge in [-0.2, -0.15) is 0 Å². The zero-order chi connectivity index (χ0) is 41.5. The van der Waals surface area contributed by atoms with Gasteiger partial charge in [-0.1, -0.05) is 52.2 Å². The first-order valence-corrected chi connectivity index (χ1v) is 19.1. The quantitative estimate of drug-likeness (QED) is 0.223. The van der Waals surface area contributed by atoms with Crippen LogP contribution in [0.5, 0.6) is 0 Å². The van der Waals surface area contributed by atoms with Crippen molar-refractivity contribution < 1.29 is 27.0 Å². The van der Waals surface area contributed by atoms with Gasteiger partial charge in [-0.15, -0.1) is 0 Å². The largest absolute Gasteiger partial charge is 0.348 e. The number of likely N-dealkylation sites (N-methyl/N-ethyl adjacent to an activating group) is 1. The monoisotopic (exact) mass is 747 g/mol. The summed E-state index contributed by atoms with van der Waals surface area (Å²) in [6.45, 7) is 43.1. The Bertz CT molecular complexity index is 1240. The van der Waals surface area contributed by atoms with E-state index in [2.05, 4.69) is 35.1 Å². The topological polar surface area (TPSA) is 142 Å². The lowest BCUT2D eigenvalue weighted by Crippen LogP contribution is -2.39. The van der Waals surface area contributed by atoms with E-state index in [4.69, 9.17) is 0 Å². The molecule has 10 nitrogen and oxygen atoms in total. The predicted molar refractivity (Wildman–Crippen MR) is 218 cm³/mol. The summed E-state index contributed by atoms with van der Waals surface area (Å²) in [5.74, 6) is 0.0457. The first-order chi connectivity index (χ1) is 21.9.